The molecular formula is C20H22N2O3. The highest BCUT2D eigenvalue weighted by Crippen LogP contribution is 2.22. The molecule has 1 aliphatic rings. The van der Waals surface area contributed by atoms with Crippen LogP contribution in [0.4, 0.5) is 4.79 Å². The number of hydrogen-bond acceptors (Lipinski definition) is 3. The lowest BCUT2D eigenvalue weighted by atomic mass is 10.1. The van der Waals surface area contributed by atoms with Gasteiger partial charge in [0.1, 0.15) is 5.75 Å². The van der Waals surface area contributed by atoms with Crippen molar-refractivity contribution >= 4 is 11.9 Å². The first-order chi connectivity index (χ1) is 12.2. The molecule has 3 rings (SSSR count). The Morgan fingerprint density at radius 3 is 2.24 bits per heavy atom. The van der Waals surface area contributed by atoms with E-state index in [0.29, 0.717) is 5.75 Å². The topological polar surface area (TPSA) is 67.4 Å². The van der Waals surface area contributed by atoms with E-state index in [4.69, 9.17) is 4.74 Å². The summed E-state index contributed by atoms with van der Waals surface area (Å²) >= 11 is 0. The molecule has 2 N–H and O–H groups in total. The van der Waals surface area contributed by atoms with Gasteiger partial charge in [-0.15, -0.1) is 0 Å². The first-order valence-electron chi connectivity index (χ1n) is 8.59. The van der Waals surface area contributed by atoms with Crippen LogP contribution in [0, 0.1) is 0 Å². The zero-order valence-electron chi connectivity index (χ0n) is 14.0. The van der Waals surface area contributed by atoms with Gasteiger partial charge in [0, 0.05) is 6.04 Å². The third kappa shape index (κ3) is 5.08. The summed E-state index contributed by atoms with van der Waals surface area (Å²) in [7, 11) is 0. The van der Waals surface area contributed by atoms with E-state index < -0.39 is 11.9 Å². The van der Waals surface area contributed by atoms with Crippen LogP contribution in [0.3, 0.4) is 0 Å². The van der Waals surface area contributed by atoms with Gasteiger partial charge in [-0.1, -0.05) is 55.3 Å². The van der Waals surface area contributed by atoms with E-state index in [-0.39, 0.29) is 12.6 Å². The van der Waals surface area contributed by atoms with Crippen molar-refractivity contribution < 1.29 is 14.3 Å². The van der Waals surface area contributed by atoms with Crippen LogP contribution in [0.1, 0.15) is 25.7 Å². The van der Waals surface area contributed by atoms with Crippen LogP contribution < -0.4 is 15.4 Å². The van der Waals surface area contributed by atoms with Crippen molar-refractivity contribution in [2.45, 2.75) is 31.7 Å². The van der Waals surface area contributed by atoms with Crippen molar-refractivity contribution in [1.82, 2.24) is 10.6 Å². The zero-order valence-corrected chi connectivity index (χ0v) is 14.0. The maximum atomic E-state index is 11.8. The third-order valence-electron chi connectivity index (χ3n) is 4.27. The van der Waals surface area contributed by atoms with Gasteiger partial charge in [-0.2, -0.15) is 0 Å². The van der Waals surface area contributed by atoms with Gasteiger partial charge in [-0.05, 0) is 36.1 Å². The maximum Gasteiger partial charge on any atom is 0.321 e. The summed E-state index contributed by atoms with van der Waals surface area (Å²) in [5.74, 6) is 0.133. The van der Waals surface area contributed by atoms with Crippen molar-refractivity contribution in [1.29, 1.82) is 0 Å². The minimum absolute atomic E-state index is 0.180. The molecule has 0 aromatic heterocycles. The number of hydrogen-bond donors (Lipinski definition) is 2. The molecular weight excluding hydrogens is 316 g/mol. The Hall–Kier alpha value is -2.82. The fourth-order valence-corrected chi connectivity index (χ4v) is 2.98. The van der Waals surface area contributed by atoms with Gasteiger partial charge in [0.15, 0.2) is 6.61 Å². The second-order valence-electron chi connectivity index (χ2n) is 6.18. The first kappa shape index (κ1) is 17.0. The number of benzene rings is 2. The van der Waals surface area contributed by atoms with E-state index in [2.05, 4.69) is 10.6 Å². The Balaban J connectivity index is 1.44. The van der Waals surface area contributed by atoms with E-state index >= 15 is 0 Å². The Kier molecular flexibility index (Phi) is 5.67. The van der Waals surface area contributed by atoms with Gasteiger partial charge in [0.25, 0.3) is 5.91 Å². The summed E-state index contributed by atoms with van der Waals surface area (Å²) in [6.07, 6.45) is 4.21. The minimum Gasteiger partial charge on any atom is -0.484 e. The second-order valence-corrected chi connectivity index (χ2v) is 6.18. The molecule has 0 saturated heterocycles. The number of carbonyl (C=O) groups is 2. The van der Waals surface area contributed by atoms with Crippen molar-refractivity contribution in [3.05, 3.63) is 54.6 Å². The highest BCUT2D eigenvalue weighted by molar-refractivity contribution is 5.95. The molecule has 0 radical (unpaired) electrons. The van der Waals surface area contributed by atoms with Gasteiger partial charge < -0.3 is 10.1 Å². The largest absolute Gasteiger partial charge is 0.484 e. The lowest BCUT2D eigenvalue weighted by molar-refractivity contribution is -0.122. The predicted octanol–water partition coefficient (Wildman–Crippen LogP) is 3.50. The summed E-state index contributed by atoms with van der Waals surface area (Å²) in [6, 6.07) is 17.3. The molecule has 2 aromatic carbocycles. The van der Waals surface area contributed by atoms with Crippen LogP contribution in [0.5, 0.6) is 5.75 Å². The molecule has 0 spiro atoms. The molecule has 5 heteroatoms. The van der Waals surface area contributed by atoms with Crippen LogP contribution in [-0.4, -0.2) is 24.6 Å². The van der Waals surface area contributed by atoms with E-state index in [1.54, 1.807) is 0 Å². The monoisotopic (exact) mass is 338 g/mol. The predicted molar refractivity (Wildman–Crippen MR) is 96.3 cm³/mol. The van der Waals surface area contributed by atoms with E-state index in [1.807, 2.05) is 54.6 Å². The van der Waals surface area contributed by atoms with Crippen LogP contribution in [0.25, 0.3) is 11.1 Å². The average Bonchev–Trinajstić information content (AvgIpc) is 3.14. The van der Waals surface area contributed by atoms with Gasteiger partial charge in [0.2, 0.25) is 0 Å². The quantitative estimate of drug-likeness (QED) is 0.877. The number of ether oxygens (including phenoxy) is 1. The molecule has 1 fully saturated rings. The van der Waals surface area contributed by atoms with Gasteiger partial charge in [-0.25, -0.2) is 4.79 Å². The zero-order chi connectivity index (χ0) is 17.5. The number of carbonyl (C=O) groups excluding carboxylic acids is 2. The SMILES string of the molecule is O=C(COc1ccc(-c2ccccc2)cc1)NC(=O)NC1CCCC1. The summed E-state index contributed by atoms with van der Waals surface area (Å²) < 4.78 is 5.44. The molecule has 5 nitrogen and oxygen atoms in total. The van der Waals surface area contributed by atoms with Crippen LogP contribution in [0.15, 0.2) is 54.6 Å². The minimum atomic E-state index is -0.456. The molecule has 25 heavy (non-hydrogen) atoms. The number of rotatable bonds is 5. The van der Waals surface area contributed by atoms with Crippen molar-refractivity contribution in [3.8, 4) is 16.9 Å². The average molecular weight is 338 g/mol. The molecule has 130 valence electrons. The van der Waals surface area contributed by atoms with Gasteiger partial charge in [0.05, 0.1) is 0 Å². The first-order valence-corrected chi connectivity index (χ1v) is 8.59. The number of imide groups is 1. The standard InChI is InChI=1S/C20H22N2O3/c23-19(22-20(24)21-17-8-4-5-9-17)14-25-18-12-10-16(11-13-18)15-6-2-1-3-7-15/h1-3,6-7,10-13,17H,4-5,8-9,14H2,(H2,21,22,23,24). The molecule has 0 aliphatic heterocycles. The molecule has 1 saturated carbocycles. The highest BCUT2D eigenvalue weighted by atomic mass is 16.5. The molecule has 0 bridgehead atoms. The lowest BCUT2D eigenvalue weighted by Gasteiger charge is -2.12. The molecule has 0 atom stereocenters. The molecule has 1 aliphatic carbocycles. The summed E-state index contributed by atoms with van der Waals surface area (Å²) in [5, 5.41) is 5.11. The Labute approximate surface area is 147 Å². The molecule has 3 amide bonds. The van der Waals surface area contributed by atoms with Gasteiger partial charge in [-0.3, -0.25) is 10.1 Å². The highest BCUT2D eigenvalue weighted by Gasteiger charge is 2.18. The Morgan fingerprint density at radius 1 is 0.920 bits per heavy atom. The maximum absolute atomic E-state index is 11.8. The summed E-state index contributed by atoms with van der Waals surface area (Å²) in [6.45, 7) is -0.192. The van der Waals surface area contributed by atoms with Crippen LogP contribution in [-0.2, 0) is 4.79 Å². The molecule has 0 unspecified atom stereocenters. The normalized spacial score (nSPS) is 14.1. The third-order valence-corrected chi connectivity index (χ3v) is 4.27. The Bertz CT molecular complexity index is 707. The van der Waals surface area contributed by atoms with Crippen LogP contribution >= 0.6 is 0 Å². The number of amides is 3. The molecule has 2 aromatic rings. The summed E-state index contributed by atoms with van der Waals surface area (Å²) in [4.78, 5) is 23.5. The smallest absolute Gasteiger partial charge is 0.321 e. The van der Waals surface area contributed by atoms with E-state index in [0.717, 1.165) is 36.8 Å². The fourth-order valence-electron chi connectivity index (χ4n) is 2.98. The number of urea groups is 1. The van der Waals surface area contributed by atoms with E-state index in [1.165, 1.54) is 0 Å². The van der Waals surface area contributed by atoms with Crippen molar-refractivity contribution in [3.63, 3.8) is 0 Å². The van der Waals surface area contributed by atoms with Crippen LogP contribution in [0.2, 0.25) is 0 Å². The van der Waals surface area contributed by atoms with Crippen molar-refractivity contribution in [2.75, 3.05) is 6.61 Å². The van der Waals surface area contributed by atoms with E-state index in [9.17, 15) is 9.59 Å². The van der Waals surface area contributed by atoms with Gasteiger partial charge >= 0.3 is 6.03 Å². The number of nitrogens with one attached hydrogen (secondary N) is 2. The fraction of sp³-hybridized carbons (Fsp3) is 0.300. The Morgan fingerprint density at radius 2 is 1.56 bits per heavy atom. The molecule has 0 heterocycles. The van der Waals surface area contributed by atoms with Crippen molar-refractivity contribution in [2.24, 2.45) is 0 Å². The second kappa shape index (κ2) is 8.33. The lowest BCUT2D eigenvalue weighted by Crippen LogP contribution is -2.45. The summed E-state index contributed by atoms with van der Waals surface area (Å²) in [5.41, 5.74) is 2.20.